The summed E-state index contributed by atoms with van der Waals surface area (Å²) in [6.07, 6.45) is 0.669. The molecular weight excluding hydrogens is 206 g/mol. The van der Waals surface area contributed by atoms with Gasteiger partial charge in [-0.3, -0.25) is 4.79 Å². The summed E-state index contributed by atoms with van der Waals surface area (Å²) in [4.78, 5) is 10.8. The summed E-state index contributed by atoms with van der Waals surface area (Å²) in [5.74, 6) is 5.70. The van der Waals surface area contributed by atoms with Crippen LogP contribution in [0.2, 0.25) is 0 Å². The lowest BCUT2D eigenvalue weighted by Gasteiger charge is -2.08. The van der Waals surface area contributed by atoms with Gasteiger partial charge in [-0.15, -0.1) is 0 Å². The molecule has 0 bridgehead atoms. The number of rotatable bonds is 3. The van der Waals surface area contributed by atoms with Gasteiger partial charge in [0, 0.05) is 12.0 Å². The topological polar surface area (TPSA) is 59.3 Å². The average Bonchev–Trinajstić information content (AvgIpc) is 2.35. The number of methoxy groups -OCH3 is 2. The fourth-order valence-electron chi connectivity index (χ4n) is 1.21. The Morgan fingerprint density at radius 3 is 2.44 bits per heavy atom. The number of hydrogen-bond donors (Lipinski definition) is 0. The maximum Gasteiger partial charge on any atom is 0.153 e. The third-order valence-corrected chi connectivity index (χ3v) is 1.93. The predicted octanol–water partition coefficient (Wildman–Crippen LogP) is 1.39. The van der Waals surface area contributed by atoms with Gasteiger partial charge in [-0.25, -0.2) is 0 Å². The lowest BCUT2D eigenvalue weighted by atomic mass is 10.1. The van der Waals surface area contributed by atoms with Gasteiger partial charge in [0.2, 0.25) is 0 Å². The molecule has 1 rings (SSSR count). The van der Waals surface area contributed by atoms with Crippen molar-refractivity contribution in [1.29, 1.82) is 5.26 Å². The molecule has 0 N–H and O–H groups in total. The van der Waals surface area contributed by atoms with Gasteiger partial charge in [-0.1, -0.05) is 0 Å². The molecule has 0 unspecified atom stereocenters. The maximum absolute atomic E-state index is 10.8. The van der Waals surface area contributed by atoms with Crippen molar-refractivity contribution in [3.05, 3.63) is 23.3 Å². The molecule has 0 fully saturated rings. The molecule has 0 aromatic heterocycles. The Bertz CT molecular complexity index is 503. The molecule has 0 saturated heterocycles. The van der Waals surface area contributed by atoms with Crippen molar-refractivity contribution in [2.75, 3.05) is 14.2 Å². The lowest BCUT2D eigenvalue weighted by molar-refractivity contribution is 0.112. The molecule has 1 aromatic carbocycles. The molecule has 0 spiro atoms. The monoisotopic (exact) mass is 215 g/mol. The summed E-state index contributed by atoms with van der Waals surface area (Å²) in [6, 6.07) is 4.79. The van der Waals surface area contributed by atoms with Crippen LogP contribution in [0.15, 0.2) is 12.1 Å². The average molecular weight is 215 g/mol. The lowest BCUT2D eigenvalue weighted by Crippen LogP contribution is -1.95. The Morgan fingerprint density at radius 1 is 1.25 bits per heavy atom. The van der Waals surface area contributed by atoms with Crippen LogP contribution < -0.4 is 9.47 Å². The van der Waals surface area contributed by atoms with E-state index in [4.69, 9.17) is 14.7 Å². The first kappa shape index (κ1) is 11.6. The largest absolute Gasteiger partial charge is 0.496 e. The van der Waals surface area contributed by atoms with Crippen molar-refractivity contribution in [3.8, 4) is 29.4 Å². The minimum absolute atomic E-state index is 0.377. The first-order valence-corrected chi connectivity index (χ1v) is 4.38. The molecule has 0 heterocycles. The van der Waals surface area contributed by atoms with Gasteiger partial charge in [-0.2, -0.15) is 5.26 Å². The van der Waals surface area contributed by atoms with E-state index in [1.807, 2.05) is 0 Å². The molecule has 0 aliphatic rings. The van der Waals surface area contributed by atoms with E-state index in [2.05, 4.69) is 11.8 Å². The maximum atomic E-state index is 10.8. The smallest absolute Gasteiger partial charge is 0.153 e. The van der Waals surface area contributed by atoms with Crippen molar-refractivity contribution in [3.63, 3.8) is 0 Å². The Hall–Kier alpha value is -2.46. The molecule has 0 saturated carbocycles. The molecule has 0 aliphatic carbocycles. The number of benzene rings is 1. The molecule has 4 nitrogen and oxygen atoms in total. The van der Waals surface area contributed by atoms with E-state index >= 15 is 0 Å². The zero-order chi connectivity index (χ0) is 12.0. The summed E-state index contributed by atoms with van der Waals surface area (Å²) in [7, 11) is 2.92. The van der Waals surface area contributed by atoms with Gasteiger partial charge in [-0.05, 0) is 12.0 Å². The van der Waals surface area contributed by atoms with E-state index in [1.54, 1.807) is 12.1 Å². The number of hydrogen-bond acceptors (Lipinski definition) is 4. The number of ether oxygens (including phenoxy) is 2. The van der Waals surface area contributed by atoms with Crippen LogP contribution in [0.5, 0.6) is 11.5 Å². The molecule has 0 aliphatic heterocycles. The van der Waals surface area contributed by atoms with E-state index in [0.717, 1.165) is 0 Å². The highest BCUT2D eigenvalue weighted by Gasteiger charge is 2.08. The van der Waals surface area contributed by atoms with Crippen molar-refractivity contribution in [1.82, 2.24) is 0 Å². The Morgan fingerprint density at radius 2 is 1.94 bits per heavy atom. The first-order chi connectivity index (χ1) is 7.76. The number of aldehydes is 1. The first-order valence-electron chi connectivity index (χ1n) is 4.38. The van der Waals surface area contributed by atoms with Crippen molar-refractivity contribution >= 4 is 6.29 Å². The van der Waals surface area contributed by atoms with Gasteiger partial charge in [0.05, 0.1) is 25.3 Å². The van der Waals surface area contributed by atoms with Crippen LogP contribution in [-0.2, 0) is 0 Å². The Labute approximate surface area is 93.4 Å². The highest BCUT2D eigenvalue weighted by Crippen LogP contribution is 2.27. The van der Waals surface area contributed by atoms with Gasteiger partial charge in [0.15, 0.2) is 12.4 Å². The van der Waals surface area contributed by atoms with E-state index < -0.39 is 0 Å². The van der Waals surface area contributed by atoms with E-state index in [1.165, 1.54) is 20.3 Å². The summed E-state index contributed by atoms with van der Waals surface area (Å²) >= 11 is 0. The van der Waals surface area contributed by atoms with Gasteiger partial charge in [0.25, 0.3) is 0 Å². The molecule has 4 heteroatoms. The van der Waals surface area contributed by atoms with Crippen LogP contribution in [0.3, 0.4) is 0 Å². The number of carbonyl (C=O) groups excluding carboxylic acids is 1. The highest BCUT2D eigenvalue weighted by molar-refractivity contribution is 5.81. The molecule has 0 radical (unpaired) electrons. The number of nitriles is 1. The standard InChI is InChI=1S/C12H9NO3/c1-15-11-7-10(8-14)12(16-2)6-9(11)4-3-5-13/h6-8H,1-2H3. The summed E-state index contributed by atoms with van der Waals surface area (Å²) in [5, 5.41) is 8.37. The molecule has 0 amide bonds. The summed E-state index contributed by atoms with van der Waals surface area (Å²) in [5.41, 5.74) is 0.883. The second-order valence-electron chi connectivity index (χ2n) is 2.77. The molecule has 80 valence electrons. The van der Waals surface area contributed by atoms with Crippen molar-refractivity contribution in [2.24, 2.45) is 0 Å². The number of nitrogens with zero attached hydrogens (tertiary/aromatic N) is 1. The molecule has 0 atom stereocenters. The summed E-state index contributed by atoms with van der Waals surface area (Å²) < 4.78 is 10.1. The van der Waals surface area contributed by atoms with Crippen LogP contribution in [0.1, 0.15) is 15.9 Å². The second-order valence-corrected chi connectivity index (χ2v) is 2.77. The van der Waals surface area contributed by atoms with E-state index in [0.29, 0.717) is 28.9 Å². The molecule has 16 heavy (non-hydrogen) atoms. The second kappa shape index (κ2) is 5.43. The van der Waals surface area contributed by atoms with E-state index in [9.17, 15) is 4.79 Å². The van der Waals surface area contributed by atoms with Crippen LogP contribution in [-0.4, -0.2) is 20.5 Å². The highest BCUT2D eigenvalue weighted by atomic mass is 16.5. The normalized spacial score (nSPS) is 8.31. The van der Waals surface area contributed by atoms with Gasteiger partial charge in [0.1, 0.15) is 11.5 Å². The molecule has 1 aromatic rings. The van der Waals surface area contributed by atoms with Crippen LogP contribution in [0.25, 0.3) is 0 Å². The van der Waals surface area contributed by atoms with Crippen LogP contribution in [0, 0.1) is 23.2 Å². The minimum atomic E-state index is 0.377. The Kier molecular flexibility index (Phi) is 3.94. The molecular formula is C12H9NO3. The summed E-state index contributed by atoms with van der Waals surface area (Å²) in [6.45, 7) is 0. The SMILES string of the molecule is COc1cc(C=O)c(OC)cc1C#CC#N. The third kappa shape index (κ3) is 2.31. The van der Waals surface area contributed by atoms with E-state index in [-0.39, 0.29) is 0 Å². The van der Waals surface area contributed by atoms with Crippen molar-refractivity contribution in [2.45, 2.75) is 0 Å². The van der Waals surface area contributed by atoms with Gasteiger partial charge >= 0.3 is 0 Å². The predicted molar refractivity (Wildman–Crippen MR) is 57.4 cm³/mol. The zero-order valence-electron chi connectivity index (χ0n) is 8.90. The fraction of sp³-hybridized carbons (Fsp3) is 0.167. The van der Waals surface area contributed by atoms with Crippen molar-refractivity contribution < 1.29 is 14.3 Å². The Balaban J connectivity index is 3.38. The third-order valence-electron chi connectivity index (χ3n) is 1.93. The minimum Gasteiger partial charge on any atom is -0.496 e. The van der Waals surface area contributed by atoms with Crippen LogP contribution >= 0.6 is 0 Å². The fourth-order valence-corrected chi connectivity index (χ4v) is 1.21. The zero-order valence-corrected chi connectivity index (χ0v) is 8.90. The quantitative estimate of drug-likeness (QED) is 0.564. The van der Waals surface area contributed by atoms with Crippen LogP contribution in [0.4, 0.5) is 0 Å². The number of carbonyl (C=O) groups is 1. The van der Waals surface area contributed by atoms with Gasteiger partial charge < -0.3 is 9.47 Å².